The quantitative estimate of drug-likeness (QED) is 0.712. The molecule has 3 aliphatic heterocycles. The summed E-state index contributed by atoms with van der Waals surface area (Å²) >= 11 is 0. The molecule has 2 N–H and O–H groups in total. The molecule has 1 aromatic rings. The number of nitrogens with zero attached hydrogens (tertiary/aromatic N) is 3. The summed E-state index contributed by atoms with van der Waals surface area (Å²) in [6.45, 7) is 6.09. The number of hydrogen-bond donors (Lipinski definition) is 2. The number of carbonyl (C=O) groups is 2. The Morgan fingerprint density at radius 1 is 1.21 bits per heavy atom. The molecule has 152 valence electrons. The van der Waals surface area contributed by atoms with Crippen molar-refractivity contribution in [3.63, 3.8) is 0 Å². The molecule has 3 heterocycles. The smallest absolute Gasteiger partial charge is 0.247 e. The van der Waals surface area contributed by atoms with Crippen molar-refractivity contribution in [2.24, 2.45) is 11.8 Å². The van der Waals surface area contributed by atoms with Crippen molar-refractivity contribution in [1.29, 1.82) is 0 Å². The van der Waals surface area contributed by atoms with E-state index in [1.54, 1.807) is 5.01 Å². The van der Waals surface area contributed by atoms with Crippen LogP contribution in [0.15, 0.2) is 30.3 Å². The van der Waals surface area contributed by atoms with E-state index in [-0.39, 0.29) is 29.7 Å². The van der Waals surface area contributed by atoms with Crippen LogP contribution < -0.4 is 15.8 Å². The number of ether oxygens (including phenoxy) is 1. The van der Waals surface area contributed by atoms with E-state index in [4.69, 9.17) is 4.74 Å². The number of anilines is 1. The lowest BCUT2D eigenvalue weighted by Crippen LogP contribution is -2.56. The van der Waals surface area contributed by atoms with Gasteiger partial charge in [0.1, 0.15) is 0 Å². The Hall–Kier alpha value is -2.00. The van der Waals surface area contributed by atoms with Gasteiger partial charge in [-0.1, -0.05) is 18.2 Å². The van der Waals surface area contributed by atoms with E-state index in [0.29, 0.717) is 19.6 Å². The van der Waals surface area contributed by atoms with Crippen molar-refractivity contribution in [2.45, 2.75) is 6.04 Å². The summed E-state index contributed by atoms with van der Waals surface area (Å²) in [6.07, 6.45) is 0. The molecule has 0 spiro atoms. The summed E-state index contributed by atoms with van der Waals surface area (Å²) in [6, 6.07) is 9.39. The lowest BCUT2D eigenvalue weighted by atomic mass is 9.84. The second-order valence-electron chi connectivity index (χ2n) is 7.84. The molecule has 0 aliphatic carbocycles. The van der Waals surface area contributed by atoms with E-state index in [1.807, 2.05) is 37.4 Å². The van der Waals surface area contributed by atoms with Gasteiger partial charge in [0.25, 0.3) is 0 Å². The first-order valence-electron chi connectivity index (χ1n) is 10.0. The van der Waals surface area contributed by atoms with Gasteiger partial charge in [-0.2, -0.15) is 0 Å². The number of para-hydroxylation sites is 1. The van der Waals surface area contributed by atoms with Gasteiger partial charge >= 0.3 is 0 Å². The highest BCUT2D eigenvalue weighted by Gasteiger charge is 2.50. The maximum Gasteiger partial charge on any atom is 0.247 e. The average Bonchev–Trinajstić information content (AvgIpc) is 3.05. The van der Waals surface area contributed by atoms with Crippen LogP contribution in [0.4, 0.5) is 5.69 Å². The van der Waals surface area contributed by atoms with Crippen molar-refractivity contribution in [3.05, 3.63) is 30.3 Å². The molecule has 1 aromatic carbocycles. The molecular weight excluding hydrogens is 358 g/mol. The van der Waals surface area contributed by atoms with Crippen LogP contribution in [-0.4, -0.2) is 87.2 Å². The Morgan fingerprint density at radius 2 is 1.96 bits per heavy atom. The number of rotatable bonds is 5. The van der Waals surface area contributed by atoms with E-state index in [9.17, 15) is 9.59 Å². The molecular formula is C20H29N5O3. The van der Waals surface area contributed by atoms with Crippen LogP contribution in [0.25, 0.3) is 0 Å². The minimum Gasteiger partial charge on any atom is -0.379 e. The van der Waals surface area contributed by atoms with Crippen molar-refractivity contribution >= 4 is 17.5 Å². The van der Waals surface area contributed by atoms with E-state index in [0.717, 1.165) is 38.5 Å². The molecule has 3 fully saturated rings. The number of hydrogen-bond acceptors (Lipinski definition) is 6. The summed E-state index contributed by atoms with van der Waals surface area (Å²) < 4.78 is 5.36. The Balaban J connectivity index is 1.39. The third kappa shape index (κ3) is 4.05. The van der Waals surface area contributed by atoms with Gasteiger partial charge in [0.15, 0.2) is 0 Å². The molecule has 2 amide bonds. The fraction of sp³-hybridized carbons (Fsp3) is 0.600. The first kappa shape index (κ1) is 19.3. The number of hydrazine groups is 1. The van der Waals surface area contributed by atoms with Crippen LogP contribution in [0, 0.1) is 11.8 Å². The molecule has 0 bridgehead atoms. The van der Waals surface area contributed by atoms with E-state index >= 15 is 0 Å². The van der Waals surface area contributed by atoms with Gasteiger partial charge in [-0.25, -0.2) is 10.4 Å². The third-order valence-corrected chi connectivity index (χ3v) is 5.88. The molecule has 8 heteroatoms. The van der Waals surface area contributed by atoms with Gasteiger partial charge in [-0.3, -0.25) is 14.5 Å². The molecule has 28 heavy (non-hydrogen) atoms. The Bertz CT molecular complexity index is 694. The summed E-state index contributed by atoms with van der Waals surface area (Å²) in [5.74, 6) is -0.418. The van der Waals surface area contributed by atoms with E-state index in [2.05, 4.69) is 20.5 Å². The SMILES string of the molecule is CN1CC(C(=O)NCCN2CCOCC2)C2NN(c3ccccc3)C(=O)C2C1. The first-order chi connectivity index (χ1) is 13.6. The molecule has 0 saturated carbocycles. The van der Waals surface area contributed by atoms with E-state index in [1.165, 1.54) is 0 Å². The zero-order valence-corrected chi connectivity index (χ0v) is 16.3. The molecule has 0 aromatic heterocycles. The molecule has 3 saturated heterocycles. The van der Waals surface area contributed by atoms with Crippen LogP contribution in [0.5, 0.6) is 0 Å². The van der Waals surface area contributed by atoms with Gasteiger partial charge in [0.2, 0.25) is 11.8 Å². The minimum atomic E-state index is -0.258. The lowest BCUT2D eigenvalue weighted by Gasteiger charge is -2.36. The van der Waals surface area contributed by atoms with E-state index < -0.39 is 0 Å². The molecule has 3 atom stereocenters. The molecule has 0 radical (unpaired) electrons. The van der Waals surface area contributed by atoms with Crippen LogP contribution in [-0.2, 0) is 14.3 Å². The number of morpholine rings is 1. The van der Waals surface area contributed by atoms with Crippen molar-refractivity contribution < 1.29 is 14.3 Å². The number of amides is 2. The molecule has 8 nitrogen and oxygen atoms in total. The van der Waals surface area contributed by atoms with Crippen LogP contribution in [0.3, 0.4) is 0 Å². The summed E-state index contributed by atoms with van der Waals surface area (Å²) in [7, 11) is 1.97. The van der Waals surface area contributed by atoms with Gasteiger partial charge < -0.3 is 15.0 Å². The van der Waals surface area contributed by atoms with Crippen LogP contribution in [0.1, 0.15) is 0 Å². The second kappa shape index (κ2) is 8.57. The van der Waals surface area contributed by atoms with Gasteiger partial charge in [0, 0.05) is 39.3 Å². The zero-order valence-electron chi connectivity index (χ0n) is 16.3. The van der Waals surface area contributed by atoms with Crippen LogP contribution >= 0.6 is 0 Å². The Morgan fingerprint density at radius 3 is 2.71 bits per heavy atom. The minimum absolute atomic E-state index is 0.0185. The highest BCUT2D eigenvalue weighted by atomic mass is 16.5. The normalized spacial score (nSPS) is 29.0. The number of fused-ring (bicyclic) bond motifs is 1. The monoisotopic (exact) mass is 387 g/mol. The molecule has 3 aliphatic rings. The van der Waals surface area contributed by atoms with Gasteiger partial charge in [0.05, 0.1) is 36.8 Å². The second-order valence-corrected chi connectivity index (χ2v) is 7.84. The highest BCUT2D eigenvalue weighted by Crippen LogP contribution is 2.31. The predicted octanol–water partition coefficient (Wildman–Crippen LogP) is -0.467. The zero-order chi connectivity index (χ0) is 19.5. The number of benzene rings is 1. The van der Waals surface area contributed by atoms with Crippen LogP contribution in [0.2, 0.25) is 0 Å². The topological polar surface area (TPSA) is 77.2 Å². The maximum atomic E-state index is 13.0. The van der Waals surface area contributed by atoms with Gasteiger partial charge in [-0.15, -0.1) is 0 Å². The molecule has 4 rings (SSSR count). The number of nitrogens with one attached hydrogen (secondary N) is 2. The maximum absolute atomic E-state index is 13.0. The standard InChI is InChI=1S/C20H29N5O3/c1-23-13-16(19(26)21-7-8-24-9-11-28-12-10-24)18-17(14-23)20(27)25(22-18)15-5-3-2-4-6-15/h2-6,16-18,22H,7-14H2,1H3,(H,21,26). The number of piperidine rings is 1. The number of carbonyl (C=O) groups excluding carboxylic acids is 2. The summed E-state index contributed by atoms with van der Waals surface area (Å²) in [5, 5.41) is 4.70. The summed E-state index contributed by atoms with van der Waals surface area (Å²) in [5.41, 5.74) is 4.14. The Labute approximate surface area is 165 Å². The van der Waals surface area contributed by atoms with Crippen molar-refractivity contribution in [2.75, 3.05) is 64.5 Å². The average molecular weight is 387 g/mol. The molecule has 3 unspecified atom stereocenters. The highest BCUT2D eigenvalue weighted by molar-refractivity contribution is 5.98. The lowest BCUT2D eigenvalue weighted by molar-refractivity contribution is -0.129. The Kier molecular flexibility index (Phi) is 5.91. The largest absolute Gasteiger partial charge is 0.379 e. The van der Waals surface area contributed by atoms with Gasteiger partial charge in [-0.05, 0) is 19.2 Å². The third-order valence-electron chi connectivity index (χ3n) is 5.88. The summed E-state index contributed by atoms with van der Waals surface area (Å²) in [4.78, 5) is 30.3. The fourth-order valence-corrected chi connectivity index (χ4v) is 4.36. The van der Waals surface area contributed by atoms with Crippen molar-refractivity contribution in [3.8, 4) is 0 Å². The van der Waals surface area contributed by atoms with Crippen molar-refractivity contribution in [1.82, 2.24) is 20.5 Å². The fourth-order valence-electron chi connectivity index (χ4n) is 4.36. The first-order valence-corrected chi connectivity index (χ1v) is 10.0. The predicted molar refractivity (Wildman–Crippen MR) is 106 cm³/mol. The number of likely N-dealkylation sites (tertiary alicyclic amines) is 1.